The molecule has 0 bridgehead atoms. The normalized spacial score (nSPS) is 15.6. The largest absolute Gasteiger partial charge is 0.457 e. The molecular formula is C15H21NO2. The first-order valence-corrected chi connectivity index (χ1v) is 6.02. The van der Waals surface area contributed by atoms with Crippen molar-refractivity contribution in [2.45, 2.75) is 38.8 Å². The molecule has 0 aliphatic heterocycles. The number of ether oxygens (including phenoxy) is 1. The van der Waals surface area contributed by atoms with Crippen LogP contribution < -0.4 is 5.73 Å². The van der Waals surface area contributed by atoms with Crippen LogP contribution in [0.1, 0.15) is 26.3 Å². The Balaban J connectivity index is 2.68. The second-order valence-electron chi connectivity index (χ2n) is 5.00. The fraction of sp³-hybridized carbons (Fsp3) is 0.400. The van der Waals surface area contributed by atoms with Gasteiger partial charge < -0.3 is 10.5 Å². The Bertz CT molecular complexity index is 423. The van der Waals surface area contributed by atoms with E-state index in [2.05, 4.69) is 6.58 Å². The lowest BCUT2D eigenvalue weighted by molar-refractivity contribution is -0.146. The molecule has 1 aromatic carbocycles. The second kappa shape index (κ2) is 5.83. The standard InChI is InChI=1S/C15H21NO2/c1-11(2)14(17)18-12(3)15(4,16)10-13-8-6-5-7-9-13/h5-9,12H,1,10,16H2,2-4H3. The van der Waals surface area contributed by atoms with Crippen molar-refractivity contribution in [2.75, 3.05) is 0 Å². The molecule has 0 spiro atoms. The van der Waals surface area contributed by atoms with Crippen LogP contribution in [0.15, 0.2) is 42.5 Å². The summed E-state index contributed by atoms with van der Waals surface area (Å²) in [7, 11) is 0. The Morgan fingerprint density at radius 3 is 2.50 bits per heavy atom. The quantitative estimate of drug-likeness (QED) is 0.642. The lowest BCUT2D eigenvalue weighted by Gasteiger charge is -2.31. The van der Waals surface area contributed by atoms with Crippen LogP contribution in [0.4, 0.5) is 0 Å². The molecule has 3 heteroatoms. The molecule has 0 aliphatic carbocycles. The third kappa shape index (κ3) is 4.00. The molecule has 0 saturated carbocycles. The predicted molar refractivity (Wildman–Crippen MR) is 73.1 cm³/mol. The number of carbonyl (C=O) groups excluding carboxylic acids is 1. The molecule has 0 amide bonds. The zero-order valence-electron chi connectivity index (χ0n) is 11.3. The lowest BCUT2D eigenvalue weighted by atomic mass is 9.89. The van der Waals surface area contributed by atoms with Crippen molar-refractivity contribution in [2.24, 2.45) is 5.73 Å². The van der Waals surface area contributed by atoms with E-state index >= 15 is 0 Å². The van der Waals surface area contributed by atoms with Gasteiger partial charge in [0.25, 0.3) is 0 Å². The van der Waals surface area contributed by atoms with Gasteiger partial charge in [-0.3, -0.25) is 0 Å². The minimum atomic E-state index is -0.605. The number of carbonyl (C=O) groups is 1. The van der Waals surface area contributed by atoms with E-state index in [1.807, 2.05) is 44.2 Å². The van der Waals surface area contributed by atoms with Gasteiger partial charge in [-0.1, -0.05) is 36.9 Å². The summed E-state index contributed by atoms with van der Waals surface area (Å²) in [5.41, 5.74) is 7.14. The lowest BCUT2D eigenvalue weighted by Crippen LogP contribution is -2.50. The van der Waals surface area contributed by atoms with Gasteiger partial charge in [0.15, 0.2) is 0 Å². The van der Waals surface area contributed by atoms with Gasteiger partial charge >= 0.3 is 5.97 Å². The van der Waals surface area contributed by atoms with Gasteiger partial charge in [0.05, 0.1) is 5.54 Å². The third-order valence-corrected chi connectivity index (χ3v) is 2.99. The van der Waals surface area contributed by atoms with E-state index in [9.17, 15) is 4.79 Å². The first-order valence-electron chi connectivity index (χ1n) is 6.02. The highest BCUT2D eigenvalue weighted by molar-refractivity contribution is 5.87. The number of esters is 1. The molecule has 0 heterocycles. The van der Waals surface area contributed by atoms with Gasteiger partial charge in [-0.05, 0) is 32.8 Å². The van der Waals surface area contributed by atoms with Gasteiger partial charge in [-0.2, -0.15) is 0 Å². The van der Waals surface area contributed by atoms with Crippen molar-refractivity contribution in [3.63, 3.8) is 0 Å². The van der Waals surface area contributed by atoms with Crippen LogP contribution in [0.25, 0.3) is 0 Å². The predicted octanol–water partition coefficient (Wildman–Crippen LogP) is 2.45. The highest BCUT2D eigenvalue weighted by Crippen LogP contribution is 2.17. The number of nitrogens with two attached hydrogens (primary N) is 1. The average Bonchev–Trinajstić information content (AvgIpc) is 2.29. The monoisotopic (exact) mass is 247 g/mol. The molecule has 0 saturated heterocycles. The SMILES string of the molecule is C=C(C)C(=O)OC(C)C(C)(N)Cc1ccccc1. The third-order valence-electron chi connectivity index (χ3n) is 2.99. The fourth-order valence-corrected chi connectivity index (χ4v) is 1.58. The van der Waals surface area contributed by atoms with Gasteiger partial charge in [0.1, 0.15) is 6.10 Å². The van der Waals surface area contributed by atoms with Crippen LogP contribution in [0.5, 0.6) is 0 Å². The van der Waals surface area contributed by atoms with E-state index in [4.69, 9.17) is 10.5 Å². The maximum Gasteiger partial charge on any atom is 0.333 e. The second-order valence-corrected chi connectivity index (χ2v) is 5.00. The molecule has 0 aliphatic rings. The first kappa shape index (κ1) is 14.5. The number of rotatable bonds is 5. The molecule has 2 atom stereocenters. The van der Waals surface area contributed by atoms with Crippen LogP contribution in [0.3, 0.4) is 0 Å². The van der Waals surface area contributed by atoms with Gasteiger partial charge in [0, 0.05) is 5.57 Å². The number of hydrogen-bond acceptors (Lipinski definition) is 3. The van der Waals surface area contributed by atoms with E-state index < -0.39 is 11.5 Å². The Labute approximate surface area is 109 Å². The number of benzene rings is 1. The Morgan fingerprint density at radius 2 is 2.00 bits per heavy atom. The average molecular weight is 247 g/mol. The minimum absolute atomic E-state index is 0.373. The Hall–Kier alpha value is -1.61. The Morgan fingerprint density at radius 1 is 1.44 bits per heavy atom. The summed E-state index contributed by atoms with van der Waals surface area (Å²) >= 11 is 0. The summed E-state index contributed by atoms with van der Waals surface area (Å²) in [5, 5.41) is 0. The van der Waals surface area contributed by atoms with Crippen LogP contribution in [-0.4, -0.2) is 17.6 Å². The van der Waals surface area contributed by atoms with Gasteiger partial charge in [0.2, 0.25) is 0 Å². The highest BCUT2D eigenvalue weighted by Gasteiger charge is 2.30. The molecule has 0 fully saturated rings. The van der Waals surface area contributed by atoms with Crippen LogP contribution >= 0.6 is 0 Å². The molecule has 3 nitrogen and oxygen atoms in total. The van der Waals surface area contributed by atoms with E-state index in [0.717, 1.165) is 5.56 Å². The van der Waals surface area contributed by atoms with E-state index in [-0.39, 0.29) is 6.10 Å². The summed E-state index contributed by atoms with van der Waals surface area (Å²) in [5.74, 6) is -0.396. The Kier molecular flexibility index (Phi) is 4.68. The van der Waals surface area contributed by atoms with E-state index in [1.165, 1.54) is 0 Å². The van der Waals surface area contributed by atoms with E-state index in [1.54, 1.807) is 6.92 Å². The molecule has 98 valence electrons. The van der Waals surface area contributed by atoms with Crippen molar-refractivity contribution < 1.29 is 9.53 Å². The molecule has 1 rings (SSSR count). The molecular weight excluding hydrogens is 226 g/mol. The van der Waals surface area contributed by atoms with Crippen molar-refractivity contribution in [3.8, 4) is 0 Å². The maximum atomic E-state index is 11.5. The molecule has 18 heavy (non-hydrogen) atoms. The zero-order chi connectivity index (χ0) is 13.8. The zero-order valence-corrected chi connectivity index (χ0v) is 11.3. The summed E-state index contributed by atoms with van der Waals surface area (Å²) in [6, 6.07) is 9.92. The molecule has 2 unspecified atom stereocenters. The molecule has 0 aromatic heterocycles. The smallest absolute Gasteiger partial charge is 0.333 e. The first-order chi connectivity index (χ1) is 8.33. The van der Waals surface area contributed by atoms with Crippen molar-refractivity contribution in [1.29, 1.82) is 0 Å². The van der Waals surface area contributed by atoms with Crippen LogP contribution in [0.2, 0.25) is 0 Å². The summed E-state index contributed by atoms with van der Waals surface area (Å²) in [6.45, 7) is 8.88. The highest BCUT2D eigenvalue weighted by atomic mass is 16.5. The maximum absolute atomic E-state index is 11.5. The molecule has 1 aromatic rings. The summed E-state index contributed by atoms with van der Waals surface area (Å²) in [6.07, 6.45) is 0.278. The van der Waals surface area contributed by atoms with Crippen molar-refractivity contribution in [1.82, 2.24) is 0 Å². The van der Waals surface area contributed by atoms with Crippen LogP contribution in [0, 0.1) is 0 Å². The summed E-state index contributed by atoms with van der Waals surface area (Å²) in [4.78, 5) is 11.5. The molecule has 0 radical (unpaired) electrons. The molecule has 2 N–H and O–H groups in total. The summed E-state index contributed by atoms with van der Waals surface area (Å²) < 4.78 is 5.29. The fourth-order valence-electron chi connectivity index (χ4n) is 1.58. The minimum Gasteiger partial charge on any atom is -0.457 e. The van der Waals surface area contributed by atoms with Gasteiger partial charge in [-0.25, -0.2) is 4.79 Å². The van der Waals surface area contributed by atoms with Crippen molar-refractivity contribution in [3.05, 3.63) is 48.0 Å². The van der Waals surface area contributed by atoms with E-state index in [0.29, 0.717) is 12.0 Å². The van der Waals surface area contributed by atoms with Crippen molar-refractivity contribution >= 4 is 5.97 Å². The topological polar surface area (TPSA) is 52.3 Å². The van der Waals surface area contributed by atoms with Gasteiger partial charge in [-0.15, -0.1) is 0 Å². The van der Waals surface area contributed by atoms with Crippen LogP contribution in [-0.2, 0) is 16.0 Å². The number of hydrogen-bond donors (Lipinski definition) is 1.